The molecule has 0 unspecified atom stereocenters. The number of rotatable bonds is 5. The number of anilines is 1. The van der Waals surface area contributed by atoms with E-state index in [1.807, 2.05) is 20.9 Å². The average molecular weight is 336 g/mol. The van der Waals surface area contributed by atoms with Crippen molar-refractivity contribution in [3.63, 3.8) is 0 Å². The van der Waals surface area contributed by atoms with Crippen LogP contribution in [0.2, 0.25) is 0 Å². The van der Waals surface area contributed by atoms with E-state index >= 15 is 0 Å². The Labute approximate surface area is 137 Å². The van der Waals surface area contributed by atoms with E-state index in [1.165, 1.54) is 11.8 Å². The molecule has 2 N–H and O–H groups in total. The first kappa shape index (κ1) is 15.9. The second-order valence-electron chi connectivity index (χ2n) is 5.83. The van der Waals surface area contributed by atoms with Crippen molar-refractivity contribution in [1.29, 1.82) is 0 Å². The second kappa shape index (κ2) is 5.88. The lowest BCUT2D eigenvalue weighted by molar-refractivity contribution is -0.115. The third kappa shape index (κ3) is 3.05. The van der Waals surface area contributed by atoms with E-state index in [9.17, 15) is 9.59 Å². The topological polar surface area (TPSA) is 97.6 Å². The van der Waals surface area contributed by atoms with E-state index in [0.29, 0.717) is 5.16 Å². The van der Waals surface area contributed by atoms with Crippen LogP contribution >= 0.6 is 11.8 Å². The number of aryl methyl sites for hydroxylation is 2. The van der Waals surface area contributed by atoms with Gasteiger partial charge in [0.25, 0.3) is 0 Å². The van der Waals surface area contributed by atoms with Crippen LogP contribution in [0.15, 0.2) is 9.95 Å². The number of H-pyrrole nitrogens is 1. The largest absolute Gasteiger partial charge is 0.344 e. The molecule has 0 radical (unpaired) electrons. The van der Waals surface area contributed by atoms with E-state index in [4.69, 9.17) is 0 Å². The maximum Gasteiger partial charge on any atom is 0.344 e. The molecule has 2 aromatic rings. The molecule has 1 aliphatic carbocycles. The molecule has 1 atom stereocenters. The van der Waals surface area contributed by atoms with Crippen molar-refractivity contribution in [1.82, 2.24) is 24.5 Å². The quantitative estimate of drug-likeness (QED) is 0.804. The van der Waals surface area contributed by atoms with Gasteiger partial charge in [-0.05, 0) is 33.6 Å². The van der Waals surface area contributed by atoms with E-state index in [0.717, 1.165) is 29.9 Å². The fourth-order valence-corrected chi connectivity index (χ4v) is 3.35. The molecule has 23 heavy (non-hydrogen) atoms. The number of carbonyl (C=O) groups is 1. The summed E-state index contributed by atoms with van der Waals surface area (Å²) in [6.45, 7) is 5.57. The summed E-state index contributed by atoms with van der Waals surface area (Å²) in [6.07, 6.45) is 1.98. The maximum absolute atomic E-state index is 12.4. The van der Waals surface area contributed by atoms with Crippen LogP contribution in [-0.2, 0) is 11.8 Å². The van der Waals surface area contributed by atoms with Crippen LogP contribution in [-0.4, -0.2) is 35.7 Å². The molecule has 2 heterocycles. The minimum Gasteiger partial charge on any atom is -0.322 e. The van der Waals surface area contributed by atoms with Gasteiger partial charge < -0.3 is 5.32 Å². The third-order valence-corrected chi connectivity index (χ3v) is 5.06. The summed E-state index contributed by atoms with van der Waals surface area (Å²) < 4.78 is 3.39. The lowest BCUT2D eigenvalue weighted by Crippen LogP contribution is -2.24. The van der Waals surface area contributed by atoms with Crippen molar-refractivity contribution in [2.45, 2.75) is 50.1 Å². The third-order valence-electron chi connectivity index (χ3n) is 3.99. The number of nitrogens with one attached hydrogen (secondary N) is 2. The number of hydrogen-bond acceptors (Lipinski definition) is 5. The van der Waals surface area contributed by atoms with Gasteiger partial charge in [0.2, 0.25) is 5.91 Å². The predicted molar refractivity (Wildman–Crippen MR) is 87.7 cm³/mol. The molecule has 3 rings (SSSR count). The molecule has 1 aliphatic rings. The van der Waals surface area contributed by atoms with Gasteiger partial charge in [-0.1, -0.05) is 11.8 Å². The Morgan fingerprint density at radius 1 is 1.43 bits per heavy atom. The summed E-state index contributed by atoms with van der Waals surface area (Å²) >= 11 is 1.29. The van der Waals surface area contributed by atoms with Gasteiger partial charge in [0, 0.05) is 13.1 Å². The Morgan fingerprint density at radius 2 is 2.13 bits per heavy atom. The van der Waals surface area contributed by atoms with E-state index in [1.54, 1.807) is 16.2 Å². The predicted octanol–water partition coefficient (Wildman–Crippen LogP) is 1.38. The van der Waals surface area contributed by atoms with Gasteiger partial charge in [0.05, 0.1) is 22.3 Å². The molecule has 8 nitrogen and oxygen atoms in total. The van der Waals surface area contributed by atoms with Gasteiger partial charge in [0.1, 0.15) is 0 Å². The standard InChI is InChI=1S/C14H20N6O2S/c1-7-11(8(2)19(4)18-7)15-12(21)9(3)23-14-17-16-13(22)20(14)10-5-6-10/h9-10H,5-6H2,1-4H3,(H,15,21)(H,16,22)/t9-/m0/s1. The molecule has 1 saturated carbocycles. The maximum atomic E-state index is 12.4. The molecule has 0 bridgehead atoms. The number of thioether (sulfide) groups is 1. The van der Waals surface area contributed by atoms with Gasteiger partial charge in [-0.25, -0.2) is 9.89 Å². The molecule has 1 amide bonds. The van der Waals surface area contributed by atoms with Crippen LogP contribution in [0, 0.1) is 13.8 Å². The number of amides is 1. The van der Waals surface area contributed by atoms with Crippen molar-refractivity contribution in [2.24, 2.45) is 7.05 Å². The van der Waals surface area contributed by atoms with E-state index < -0.39 is 0 Å². The number of aromatic amines is 1. The Morgan fingerprint density at radius 3 is 2.70 bits per heavy atom. The number of carbonyl (C=O) groups excluding carboxylic acids is 1. The minimum absolute atomic E-state index is 0.132. The SMILES string of the molecule is Cc1nn(C)c(C)c1NC(=O)[C@H](C)Sc1n[nH]c(=O)n1C1CC1. The van der Waals surface area contributed by atoms with Gasteiger partial charge in [-0.3, -0.25) is 14.0 Å². The van der Waals surface area contributed by atoms with Crippen LogP contribution in [0.3, 0.4) is 0 Å². The Kier molecular flexibility index (Phi) is 4.05. The van der Waals surface area contributed by atoms with Crippen molar-refractivity contribution >= 4 is 23.4 Å². The highest BCUT2D eigenvalue weighted by atomic mass is 32.2. The number of aromatic nitrogens is 5. The summed E-state index contributed by atoms with van der Waals surface area (Å²) in [5, 5.41) is 13.9. The molecule has 0 aromatic carbocycles. The van der Waals surface area contributed by atoms with Gasteiger partial charge >= 0.3 is 5.69 Å². The zero-order valence-corrected chi connectivity index (χ0v) is 14.4. The minimum atomic E-state index is -0.373. The fraction of sp³-hybridized carbons (Fsp3) is 0.571. The first-order chi connectivity index (χ1) is 10.9. The molecule has 0 aliphatic heterocycles. The van der Waals surface area contributed by atoms with Crippen LogP contribution in [0.25, 0.3) is 0 Å². The van der Waals surface area contributed by atoms with Gasteiger partial charge in [-0.2, -0.15) is 5.10 Å². The van der Waals surface area contributed by atoms with Crippen molar-refractivity contribution in [3.05, 3.63) is 21.9 Å². The number of hydrogen-bond donors (Lipinski definition) is 2. The molecule has 124 valence electrons. The molecule has 2 aromatic heterocycles. The lowest BCUT2D eigenvalue weighted by atomic mass is 10.3. The lowest BCUT2D eigenvalue weighted by Gasteiger charge is -2.12. The molecule has 1 fully saturated rings. The summed E-state index contributed by atoms with van der Waals surface area (Å²) in [5.41, 5.74) is 2.22. The molecular formula is C14H20N6O2S. The van der Waals surface area contributed by atoms with E-state index in [-0.39, 0.29) is 22.9 Å². The zero-order valence-electron chi connectivity index (χ0n) is 13.6. The summed E-state index contributed by atoms with van der Waals surface area (Å²) in [7, 11) is 1.84. The molecule has 0 spiro atoms. The Balaban J connectivity index is 1.72. The first-order valence-corrected chi connectivity index (χ1v) is 8.41. The van der Waals surface area contributed by atoms with Crippen LogP contribution in [0.4, 0.5) is 5.69 Å². The molecule has 9 heteroatoms. The monoisotopic (exact) mass is 336 g/mol. The molecule has 0 saturated heterocycles. The average Bonchev–Trinajstić information content (AvgIpc) is 3.23. The van der Waals surface area contributed by atoms with Gasteiger partial charge in [-0.15, -0.1) is 5.10 Å². The van der Waals surface area contributed by atoms with Crippen molar-refractivity contribution in [3.8, 4) is 0 Å². The van der Waals surface area contributed by atoms with Crippen LogP contribution in [0.1, 0.15) is 37.2 Å². The van der Waals surface area contributed by atoms with Crippen molar-refractivity contribution in [2.75, 3.05) is 5.32 Å². The number of nitrogens with zero attached hydrogens (tertiary/aromatic N) is 4. The molecular weight excluding hydrogens is 316 g/mol. The Bertz CT molecular complexity index is 801. The highest BCUT2D eigenvalue weighted by Gasteiger charge is 2.30. The highest BCUT2D eigenvalue weighted by Crippen LogP contribution is 2.36. The second-order valence-corrected chi connectivity index (χ2v) is 7.14. The van der Waals surface area contributed by atoms with Crippen molar-refractivity contribution < 1.29 is 4.79 Å². The summed E-state index contributed by atoms with van der Waals surface area (Å²) in [4.78, 5) is 24.2. The van der Waals surface area contributed by atoms with E-state index in [2.05, 4.69) is 20.6 Å². The first-order valence-electron chi connectivity index (χ1n) is 7.53. The fourth-order valence-electron chi connectivity index (χ4n) is 2.42. The summed E-state index contributed by atoms with van der Waals surface area (Å²) in [6, 6.07) is 0.224. The normalized spacial score (nSPS) is 15.7. The smallest absolute Gasteiger partial charge is 0.322 e. The van der Waals surface area contributed by atoms with Crippen LogP contribution in [0.5, 0.6) is 0 Å². The van der Waals surface area contributed by atoms with Gasteiger partial charge in [0.15, 0.2) is 5.16 Å². The summed E-state index contributed by atoms with van der Waals surface area (Å²) in [5.74, 6) is -0.132. The highest BCUT2D eigenvalue weighted by molar-refractivity contribution is 8.00. The Hall–Kier alpha value is -2.03. The van der Waals surface area contributed by atoms with Crippen LogP contribution < -0.4 is 11.0 Å². The zero-order chi connectivity index (χ0) is 16.7.